The number of anilines is 1. The molecule has 0 heterocycles. The zero-order chi connectivity index (χ0) is 16.1. The Bertz CT molecular complexity index is 760. The second kappa shape index (κ2) is 7.05. The number of nitrogens with one attached hydrogen (secondary N) is 1. The number of carbonyl (C=O) groups excluding carboxylic acids is 1. The molecule has 1 aliphatic rings. The van der Waals surface area contributed by atoms with Crippen LogP contribution in [0.1, 0.15) is 35.7 Å². The smallest absolute Gasteiger partial charge is 0.211 e. The fraction of sp³-hybridized carbons (Fsp3) is 0.200. The maximum atomic E-state index is 12.6. The van der Waals surface area contributed by atoms with Crippen molar-refractivity contribution in [3.05, 3.63) is 71.8 Å². The number of hydrogen-bond acceptors (Lipinski definition) is 3. The van der Waals surface area contributed by atoms with Crippen LogP contribution >= 0.6 is 0 Å². The van der Waals surface area contributed by atoms with Gasteiger partial charge in [-0.3, -0.25) is 9.79 Å². The maximum Gasteiger partial charge on any atom is 0.211 e. The fourth-order valence-corrected chi connectivity index (χ4v) is 2.59. The number of aliphatic imine (C=N–C) groups is 1. The summed E-state index contributed by atoms with van der Waals surface area (Å²) in [5.74, 6) is 0.00955. The van der Waals surface area contributed by atoms with Gasteiger partial charge in [0, 0.05) is 29.1 Å². The van der Waals surface area contributed by atoms with Crippen molar-refractivity contribution in [2.45, 2.75) is 19.8 Å². The molecule has 0 bridgehead atoms. The molecular weight excluding hydrogens is 284 g/mol. The zero-order valence-electron chi connectivity index (χ0n) is 13.3. The van der Waals surface area contributed by atoms with E-state index in [2.05, 4.69) is 17.2 Å². The number of fused-ring (bicyclic) bond motifs is 1. The van der Waals surface area contributed by atoms with Gasteiger partial charge in [-0.15, -0.1) is 0 Å². The molecule has 3 nitrogen and oxygen atoms in total. The van der Waals surface area contributed by atoms with Crippen LogP contribution < -0.4 is 5.32 Å². The molecule has 0 amide bonds. The largest absolute Gasteiger partial charge is 0.355 e. The van der Waals surface area contributed by atoms with E-state index in [4.69, 9.17) is 0 Å². The molecule has 0 fully saturated rings. The van der Waals surface area contributed by atoms with Gasteiger partial charge in [-0.05, 0) is 24.6 Å². The highest BCUT2D eigenvalue weighted by molar-refractivity contribution is 6.53. The van der Waals surface area contributed by atoms with Crippen LogP contribution in [-0.2, 0) is 0 Å². The fourth-order valence-electron chi connectivity index (χ4n) is 2.59. The van der Waals surface area contributed by atoms with Gasteiger partial charge in [-0.1, -0.05) is 55.8 Å². The van der Waals surface area contributed by atoms with Gasteiger partial charge in [-0.2, -0.15) is 0 Å². The van der Waals surface area contributed by atoms with Crippen molar-refractivity contribution in [1.82, 2.24) is 0 Å². The number of Topliss-reactive ketones (excluding diaryl/α,β-unsaturated/α-hetero) is 1. The quantitative estimate of drug-likeness (QED) is 0.822. The van der Waals surface area contributed by atoms with E-state index < -0.39 is 0 Å². The number of hydrogen-bond donors (Lipinski definition) is 1. The molecule has 0 aromatic heterocycles. The number of carbonyl (C=O) groups is 1. The third-order valence-electron chi connectivity index (χ3n) is 3.82. The molecule has 2 aromatic rings. The van der Waals surface area contributed by atoms with Gasteiger partial charge in [0.05, 0.1) is 0 Å². The van der Waals surface area contributed by atoms with Gasteiger partial charge in [0.15, 0.2) is 0 Å². The van der Waals surface area contributed by atoms with Gasteiger partial charge < -0.3 is 5.32 Å². The Balaban J connectivity index is 1.98. The number of allylic oxidation sites excluding steroid dienone is 1. The molecule has 0 saturated heterocycles. The molecule has 23 heavy (non-hydrogen) atoms. The first-order valence-electron chi connectivity index (χ1n) is 8.02. The molecule has 116 valence electrons. The van der Waals surface area contributed by atoms with Crippen LogP contribution in [-0.4, -0.2) is 18.0 Å². The number of nitrogens with zero attached hydrogens (tertiary/aromatic N) is 1. The summed E-state index contributed by atoms with van der Waals surface area (Å²) in [6, 6.07) is 17.7. The van der Waals surface area contributed by atoms with Crippen molar-refractivity contribution in [2.24, 2.45) is 4.99 Å². The molecule has 0 saturated carbocycles. The summed E-state index contributed by atoms with van der Waals surface area (Å²) in [5.41, 5.74) is 4.09. The maximum absolute atomic E-state index is 12.6. The summed E-state index contributed by atoms with van der Waals surface area (Å²) >= 11 is 0. The van der Waals surface area contributed by atoms with E-state index in [9.17, 15) is 4.79 Å². The Morgan fingerprint density at radius 1 is 0.957 bits per heavy atom. The van der Waals surface area contributed by atoms with Crippen LogP contribution in [0.25, 0.3) is 5.70 Å². The van der Waals surface area contributed by atoms with Crippen molar-refractivity contribution in [3.63, 3.8) is 0 Å². The molecule has 0 atom stereocenters. The van der Waals surface area contributed by atoms with Crippen LogP contribution in [0, 0.1) is 0 Å². The summed E-state index contributed by atoms with van der Waals surface area (Å²) in [5, 5.41) is 3.41. The number of rotatable bonds is 5. The lowest BCUT2D eigenvalue weighted by molar-refractivity contribution is 0.106. The van der Waals surface area contributed by atoms with Crippen molar-refractivity contribution in [1.29, 1.82) is 0 Å². The molecule has 0 aliphatic heterocycles. The number of unbranched alkanes of at least 4 members (excludes halogenated alkanes) is 1. The van der Waals surface area contributed by atoms with Gasteiger partial charge in [0.1, 0.15) is 5.71 Å². The predicted molar refractivity (Wildman–Crippen MR) is 96.0 cm³/mol. The van der Waals surface area contributed by atoms with Gasteiger partial charge in [-0.25, -0.2) is 0 Å². The van der Waals surface area contributed by atoms with Gasteiger partial charge in [0.2, 0.25) is 5.78 Å². The average Bonchev–Trinajstić information content (AvgIpc) is 2.60. The first-order valence-corrected chi connectivity index (χ1v) is 8.02. The Labute approximate surface area is 136 Å². The predicted octanol–water partition coefficient (Wildman–Crippen LogP) is 4.58. The topological polar surface area (TPSA) is 41.5 Å². The monoisotopic (exact) mass is 304 g/mol. The first kappa shape index (κ1) is 15.2. The van der Waals surface area contributed by atoms with Crippen LogP contribution in [0.4, 0.5) is 5.69 Å². The third-order valence-corrected chi connectivity index (χ3v) is 3.82. The zero-order valence-corrected chi connectivity index (χ0v) is 13.3. The van der Waals surface area contributed by atoms with Crippen LogP contribution in [0.5, 0.6) is 0 Å². The van der Waals surface area contributed by atoms with E-state index >= 15 is 0 Å². The van der Waals surface area contributed by atoms with E-state index in [1.165, 1.54) is 0 Å². The molecule has 0 spiro atoms. The Morgan fingerprint density at radius 2 is 1.65 bits per heavy atom. The highest BCUT2D eigenvalue weighted by Gasteiger charge is 2.23. The third kappa shape index (κ3) is 3.39. The Hall–Kier alpha value is -2.68. The lowest BCUT2D eigenvalue weighted by Gasteiger charge is -2.19. The Kier molecular flexibility index (Phi) is 4.67. The normalized spacial score (nSPS) is 15.3. The molecule has 2 aromatic carbocycles. The van der Waals surface area contributed by atoms with Gasteiger partial charge >= 0.3 is 0 Å². The van der Waals surface area contributed by atoms with Crippen molar-refractivity contribution in [2.75, 3.05) is 11.9 Å². The van der Waals surface area contributed by atoms with Crippen LogP contribution in [0.2, 0.25) is 0 Å². The molecular formula is C20H20N2O. The van der Waals surface area contributed by atoms with Crippen LogP contribution in [0.15, 0.2) is 65.7 Å². The summed E-state index contributed by atoms with van der Waals surface area (Å²) in [7, 11) is 0. The molecule has 1 aliphatic carbocycles. The molecule has 0 radical (unpaired) electrons. The summed E-state index contributed by atoms with van der Waals surface area (Å²) in [6.07, 6.45) is 3.93. The van der Waals surface area contributed by atoms with Crippen molar-refractivity contribution < 1.29 is 4.79 Å². The minimum absolute atomic E-state index is 0.00955. The second-order valence-corrected chi connectivity index (χ2v) is 5.54. The SMILES string of the molecule is CCCCN=C1C=C(Nc2ccccc2)c2ccccc2C1=O. The van der Waals surface area contributed by atoms with E-state index in [1.807, 2.05) is 60.7 Å². The summed E-state index contributed by atoms with van der Waals surface area (Å²) in [4.78, 5) is 17.1. The van der Waals surface area contributed by atoms with Crippen LogP contribution in [0.3, 0.4) is 0 Å². The van der Waals surface area contributed by atoms with Crippen molar-refractivity contribution in [3.8, 4) is 0 Å². The van der Waals surface area contributed by atoms with Gasteiger partial charge in [0.25, 0.3) is 0 Å². The lowest BCUT2D eigenvalue weighted by Crippen LogP contribution is -2.21. The van der Waals surface area contributed by atoms with Crippen molar-refractivity contribution >= 4 is 22.9 Å². The summed E-state index contributed by atoms with van der Waals surface area (Å²) in [6.45, 7) is 2.81. The second-order valence-electron chi connectivity index (χ2n) is 5.54. The van der Waals surface area contributed by atoms with E-state index in [0.717, 1.165) is 29.8 Å². The molecule has 3 heteroatoms. The minimum atomic E-state index is 0.00955. The highest BCUT2D eigenvalue weighted by atomic mass is 16.1. The first-order chi connectivity index (χ1) is 11.3. The molecule has 3 rings (SSSR count). The highest BCUT2D eigenvalue weighted by Crippen LogP contribution is 2.26. The lowest BCUT2D eigenvalue weighted by atomic mass is 9.92. The Morgan fingerprint density at radius 3 is 2.39 bits per heavy atom. The average molecular weight is 304 g/mol. The van der Waals surface area contributed by atoms with E-state index in [-0.39, 0.29) is 5.78 Å². The van der Waals surface area contributed by atoms with E-state index in [0.29, 0.717) is 17.8 Å². The number of benzene rings is 2. The molecule has 0 unspecified atom stereocenters. The number of para-hydroxylation sites is 1. The number of ketones is 1. The minimum Gasteiger partial charge on any atom is -0.355 e. The van der Waals surface area contributed by atoms with E-state index in [1.54, 1.807) is 0 Å². The molecule has 1 N–H and O–H groups in total. The standard InChI is InChI=1S/C20H20N2O/c1-2-3-13-21-19-14-18(22-15-9-5-4-6-10-15)16-11-7-8-12-17(16)20(19)23/h4-12,14,22H,2-3,13H2,1H3. The summed E-state index contributed by atoms with van der Waals surface area (Å²) < 4.78 is 0.